The molecular weight excluding hydrogens is 66.0 g/mol. The second-order valence-corrected chi connectivity index (χ2v) is 0.761. The molecule has 0 amide bonds. The summed E-state index contributed by atoms with van der Waals surface area (Å²) in [6.07, 6.45) is 5.08. The molecule has 5 heavy (non-hydrogen) atoms. The van der Waals surface area contributed by atoms with Crippen molar-refractivity contribution >= 4 is 0 Å². The second kappa shape index (κ2) is 0.885. The van der Waals surface area contributed by atoms with Crippen LogP contribution in [-0.4, -0.2) is 9.97 Å². The lowest BCUT2D eigenvalue weighted by molar-refractivity contribution is 1.31. The molecule has 0 radical (unpaired) electrons. The Morgan fingerprint density at radius 2 is 2.60 bits per heavy atom. The summed E-state index contributed by atoms with van der Waals surface area (Å²) in [5.41, 5.74) is 0. The van der Waals surface area contributed by atoms with E-state index in [-0.39, 0.29) is 0 Å². The molecule has 1 rings (SSSR count). The van der Waals surface area contributed by atoms with E-state index in [4.69, 9.17) is 0 Å². The highest BCUT2D eigenvalue weighted by atomic mass is 15.6. The Hall–Kier alpha value is -0.790. The summed E-state index contributed by atoms with van der Waals surface area (Å²) in [7, 11) is 0. The maximum atomic E-state index is 3.67. The topological polar surface area (TPSA) is 28.7 Å². The highest BCUT2D eigenvalue weighted by Gasteiger charge is 1.56. The molecule has 2 heteroatoms. The lowest BCUT2D eigenvalue weighted by Gasteiger charge is -1.46. The van der Waals surface area contributed by atoms with Crippen molar-refractivity contribution < 1.29 is 0 Å². The van der Waals surface area contributed by atoms with Crippen LogP contribution in [0.15, 0.2) is 18.7 Å². The van der Waals surface area contributed by atoms with Crippen molar-refractivity contribution in [3.05, 3.63) is 18.7 Å². The molecule has 0 fully saturated rings. The van der Waals surface area contributed by atoms with Crippen LogP contribution in [0.3, 0.4) is 0 Å². The minimum Gasteiger partial charge on any atom is -0.351 e. The van der Waals surface area contributed by atoms with Gasteiger partial charge in [0.1, 0.15) is 0 Å². The summed E-state index contributed by atoms with van der Waals surface area (Å²) in [4.78, 5) is 6.42. The average Bonchev–Trinajstić information content (AvgIpc) is 1.76. The third kappa shape index (κ3) is 0.265. The molecule has 2 nitrogen and oxygen atoms in total. The minimum absolute atomic E-state index is 1.62. The Bertz CT molecular complexity index is 61.4. The largest absolute Gasteiger partial charge is 0.351 e. The number of aromatic amines is 1. The number of aromatic nitrogens is 2. The van der Waals surface area contributed by atoms with Crippen molar-refractivity contribution in [2.45, 2.75) is 0 Å². The minimum atomic E-state index is 1.62. The first-order chi connectivity index (χ1) is 2.50. The third-order valence-corrected chi connectivity index (χ3v) is 0.406. The first-order valence-corrected chi connectivity index (χ1v) is 1.43. The van der Waals surface area contributed by atoms with Gasteiger partial charge in [-0.15, -0.1) is 0 Å². The summed E-state index contributed by atoms with van der Waals surface area (Å²) in [5.74, 6) is 0. The standard InChI is InChI=1S/C3H4N2/c1-2-5-3-4-1/h1-3H,(H,4,5)/i4+1,5+1. The third-order valence-electron chi connectivity index (χ3n) is 0.406. The van der Waals surface area contributed by atoms with Crippen molar-refractivity contribution in [2.75, 3.05) is 0 Å². The molecular formula is C3H4N2. The van der Waals surface area contributed by atoms with Crippen LogP contribution in [0.5, 0.6) is 0 Å². The van der Waals surface area contributed by atoms with E-state index in [1.807, 2.05) is 0 Å². The van der Waals surface area contributed by atoms with Gasteiger partial charge >= 0.3 is 0 Å². The van der Waals surface area contributed by atoms with Gasteiger partial charge in [0, 0.05) is 12.4 Å². The zero-order valence-electron chi connectivity index (χ0n) is 2.68. The lowest BCUT2D eigenvalue weighted by atomic mass is 11.0. The molecule has 0 aromatic carbocycles. The summed E-state index contributed by atoms with van der Waals surface area (Å²) < 4.78 is 0. The molecule has 1 N–H and O–H groups in total. The van der Waals surface area contributed by atoms with E-state index in [0.29, 0.717) is 0 Å². The van der Waals surface area contributed by atoms with Gasteiger partial charge < -0.3 is 4.98 Å². The van der Waals surface area contributed by atoms with Crippen molar-refractivity contribution in [3.63, 3.8) is 0 Å². The highest BCUT2D eigenvalue weighted by molar-refractivity contribution is 4.64. The van der Waals surface area contributed by atoms with Gasteiger partial charge in [-0.25, -0.2) is 4.98 Å². The summed E-state index contributed by atoms with van der Waals surface area (Å²) in [6, 6.07) is 0. The molecule has 26 valence electrons. The highest BCUT2D eigenvalue weighted by Crippen LogP contribution is 1.62. The van der Waals surface area contributed by atoms with Crippen LogP contribution < -0.4 is 0 Å². The molecule has 1 heterocycles. The van der Waals surface area contributed by atoms with Crippen LogP contribution >= 0.6 is 0 Å². The molecule has 0 unspecified atom stereocenters. The summed E-state index contributed by atoms with van der Waals surface area (Å²) in [6.45, 7) is 0. The fourth-order valence-corrected chi connectivity index (χ4v) is 0.215. The van der Waals surface area contributed by atoms with Gasteiger partial charge in [-0.05, 0) is 0 Å². The second-order valence-electron chi connectivity index (χ2n) is 0.761. The zero-order valence-corrected chi connectivity index (χ0v) is 2.68. The number of imidazole rings is 1. The fourth-order valence-electron chi connectivity index (χ4n) is 0.215. The number of hydrogen-bond donors (Lipinski definition) is 1. The van der Waals surface area contributed by atoms with Gasteiger partial charge in [0.15, 0.2) is 0 Å². The smallest absolute Gasteiger partial charge is 0.0919 e. The van der Waals surface area contributed by atoms with Crippen LogP contribution in [-0.2, 0) is 0 Å². The quantitative estimate of drug-likeness (QED) is 0.470. The number of rotatable bonds is 0. The molecule has 0 bridgehead atoms. The number of H-pyrrole nitrogens is 1. The number of nitrogens with zero attached hydrogens (tertiary/aromatic N) is 1. The molecule has 0 aliphatic rings. The fraction of sp³-hybridized carbons (Fsp3) is 0. The SMILES string of the molecule is c1c[15nH]c[15n]1. The van der Waals surface area contributed by atoms with E-state index in [0.717, 1.165) is 0 Å². The van der Waals surface area contributed by atoms with Crippen molar-refractivity contribution in [1.82, 2.24) is 9.97 Å². The van der Waals surface area contributed by atoms with Crippen molar-refractivity contribution in [2.24, 2.45) is 0 Å². The van der Waals surface area contributed by atoms with Crippen LogP contribution in [0.1, 0.15) is 0 Å². The molecule has 0 aliphatic heterocycles. The zero-order chi connectivity index (χ0) is 3.54. The Kier molecular flexibility index (Phi) is 0.433. The van der Waals surface area contributed by atoms with E-state index < -0.39 is 0 Å². The van der Waals surface area contributed by atoms with Crippen molar-refractivity contribution in [1.29, 1.82) is 0 Å². The molecule has 0 saturated carbocycles. The van der Waals surface area contributed by atoms with Gasteiger partial charge in [0.25, 0.3) is 0 Å². The van der Waals surface area contributed by atoms with Gasteiger partial charge in [0.05, 0.1) is 6.33 Å². The van der Waals surface area contributed by atoms with Crippen molar-refractivity contribution in [3.8, 4) is 0 Å². The van der Waals surface area contributed by atoms with E-state index >= 15 is 0 Å². The van der Waals surface area contributed by atoms with Crippen LogP contribution in [0.2, 0.25) is 0 Å². The van der Waals surface area contributed by atoms with E-state index in [9.17, 15) is 0 Å². The van der Waals surface area contributed by atoms with Crippen LogP contribution in [0, 0.1) is 0 Å². The molecule has 0 saturated heterocycles. The van der Waals surface area contributed by atoms with E-state index in [1.165, 1.54) is 0 Å². The van der Waals surface area contributed by atoms with Crippen LogP contribution in [0.4, 0.5) is 0 Å². The molecule has 1 aromatic rings. The first-order valence-electron chi connectivity index (χ1n) is 1.43. The van der Waals surface area contributed by atoms with Gasteiger partial charge in [0.2, 0.25) is 0 Å². The van der Waals surface area contributed by atoms with Gasteiger partial charge in [-0.3, -0.25) is 0 Å². The Morgan fingerprint density at radius 1 is 1.60 bits per heavy atom. The maximum absolute atomic E-state index is 3.67. The molecule has 1 aromatic heterocycles. The number of hydrogen-bond acceptors (Lipinski definition) is 1. The average molecular weight is 70.1 g/mol. The summed E-state index contributed by atoms with van der Waals surface area (Å²) >= 11 is 0. The monoisotopic (exact) mass is 70.0 g/mol. The van der Waals surface area contributed by atoms with E-state index in [1.54, 1.807) is 18.7 Å². The van der Waals surface area contributed by atoms with Gasteiger partial charge in [-0.2, -0.15) is 0 Å². The van der Waals surface area contributed by atoms with E-state index in [2.05, 4.69) is 9.97 Å². The molecule has 0 atom stereocenters. The lowest BCUT2D eigenvalue weighted by Crippen LogP contribution is -1.44. The Balaban J connectivity index is 3.13. The Labute approximate surface area is 29.9 Å². The first kappa shape index (κ1) is 2.45. The summed E-state index contributed by atoms with van der Waals surface area (Å²) in [5, 5.41) is 0. The normalized spacial score (nSPS) is 8.00. The maximum Gasteiger partial charge on any atom is 0.0919 e. The molecule has 0 spiro atoms. The Morgan fingerprint density at radius 3 is 2.80 bits per heavy atom. The van der Waals surface area contributed by atoms with Crippen LogP contribution in [0.25, 0.3) is 0 Å². The number of nitrogens with one attached hydrogen (secondary N) is 1. The predicted molar refractivity (Wildman–Crippen MR) is 18.6 cm³/mol. The predicted octanol–water partition coefficient (Wildman–Crippen LogP) is 0.410. The molecule has 0 aliphatic carbocycles. The van der Waals surface area contributed by atoms with Gasteiger partial charge in [-0.1, -0.05) is 0 Å².